The van der Waals surface area contributed by atoms with Crippen LogP contribution in [0.4, 0.5) is 4.39 Å². The summed E-state index contributed by atoms with van der Waals surface area (Å²) in [5.41, 5.74) is 2.77. The van der Waals surface area contributed by atoms with Crippen LogP contribution in [0.5, 0.6) is 0 Å². The van der Waals surface area contributed by atoms with Gasteiger partial charge in [-0.25, -0.2) is 4.39 Å². The van der Waals surface area contributed by atoms with Gasteiger partial charge in [-0.1, -0.05) is 36.4 Å². The highest BCUT2D eigenvalue weighted by atomic mass is 32.2. The highest BCUT2D eigenvalue weighted by Crippen LogP contribution is 2.34. The van der Waals surface area contributed by atoms with Crippen LogP contribution in [-0.4, -0.2) is 22.2 Å². The van der Waals surface area contributed by atoms with E-state index in [1.54, 1.807) is 30.5 Å². The van der Waals surface area contributed by atoms with Crippen molar-refractivity contribution in [3.8, 4) is 0 Å². The molecule has 7 heteroatoms. The van der Waals surface area contributed by atoms with Crippen molar-refractivity contribution in [1.29, 1.82) is 0 Å². The maximum Gasteiger partial charge on any atom is 0.267 e. The molecule has 1 fully saturated rings. The van der Waals surface area contributed by atoms with Gasteiger partial charge in [0.25, 0.3) is 5.91 Å². The number of hydrogen-bond donors (Lipinski definition) is 0. The molecular weight excluding hydrogens is 401 g/mol. The van der Waals surface area contributed by atoms with Crippen molar-refractivity contribution in [3.05, 3.63) is 100 Å². The molecule has 3 aromatic rings. The molecule has 0 radical (unpaired) electrons. The number of furan rings is 1. The minimum atomic E-state index is -0.314. The first kappa shape index (κ1) is 19.8. The molecule has 1 saturated heterocycles. The summed E-state index contributed by atoms with van der Waals surface area (Å²) in [4.78, 5) is 15.1. The highest BCUT2D eigenvalue weighted by Gasteiger charge is 2.34. The fraction of sp³-hybridized carbons (Fsp3) is 0.0870. The summed E-state index contributed by atoms with van der Waals surface area (Å²) in [6.45, 7) is 2.26. The fourth-order valence-corrected chi connectivity index (χ4v) is 3.79. The maximum atomic E-state index is 13.0. The average molecular weight is 419 g/mol. The van der Waals surface area contributed by atoms with E-state index in [1.165, 1.54) is 35.0 Å². The molecule has 30 heavy (non-hydrogen) atoms. The molecule has 0 saturated carbocycles. The number of amidine groups is 1. The molecule has 0 aliphatic carbocycles. The molecule has 150 valence electrons. The number of carbonyl (C=O) groups excluding carboxylic acids is 1. The lowest BCUT2D eigenvalue weighted by molar-refractivity contribution is -0.122. The third-order valence-electron chi connectivity index (χ3n) is 4.48. The van der Waals surface area contributed by atoms with Crippen molar-refractivity contribution in [1.82, 2.24) is 4.90 Å². The van der Waals surface area contributed by atoms with Gasteiger partial charge < -0.3 is 4.42 Å². The van der Waals surface area contributed by atoms with Gasteiger partial charge in [-0.05, 0) is 65.7 Å². The minimum Gasteiger partial charge on any atom is -0.467 e. The largest absolute Gasteiger partial charge is 0.467 e. The average Bonchev–Trinajstić information content (AvgIpc) is 3.35. The third kappa shape index (κ3) is 4.58. The zero-order valence-corrected chi connectivity index (χ0v) is 17.0. The lowest BCUT2D eigenvalue weighted by Gasteiger charge is -2.12. The smallest absolute Gasteiger partial charge is 0.267 e. The molecule has 0 spiro atoms. The molecule has 1 aromatic heterocycles. The number of rotatable bonds is 5. The first-order valence-electron chi connectivity index (χ1n) is 9.26. The normalized spacial score (nSPS) is 17.0. The molecule has 5 nitrogen and oxygen atoms in total. The van der Waals surface area contributed by atoms with Crippen molar-refractivity contribution >= 4 is 35.1 Å². The van der Waals surface area contributed by atoms with Crippen LogP contribution in [0, 0.1) is 12.7 Å². The summed E-state index contributed by atoms with van der Waals surface area (Å²) < 4.78 is 18.4. The van der Waals surface area contributed by atoms with E-state index in [9.17, 15) is 9.18 Å². The second-order valence-corrected chi connectivity index (χ2v) is 7.63. The van der Waals surface area contributed by atoms with Crippen LogP contribution in [0.1, 0.15) is 22.5 Å². The predicted molar refractivity (Wildman–Crippen MR) is 117 cm³/mol. The van der Waals surface area contributed by atoms with Crippen LogP contribution in [0.25, 0.3) is 6.08 Å². The monoisotopic (exact) mass is 419 g/mol. The number of nitrogens with zero attached hydrogens (tertiary/aromatic N) is 3. The van der Waals surface area contributed by atoms with Crippen LogP contribution in [0.15, 0.2) is 86.5 Å². The molecule has 2 heterocycles. The van der Waals surface area contributed by atoms with E-state index in [2.05, 4.69) is 10.2 Å². The van der Waals surface area contributed by atoms with E-state index >= 15 is 0 Å². The number of benzene rings is 2. The predicted octanol–water partition coefficient (Wildman–Crippen LogP) is 5.23. The van der Waals surface area contributed by atoms with Gasteiger partial charge in [-0.15, -0.1) is 5.10 Å². The molecule has 0 N–H and O–H groups in total. The van der Waals surface area contributed by atoms with Gasteiger partial charge in [0.05, 0.1) is 23.9 Å². The van der Waals surface area contributed by atoms with Crippen molar-refractivity contribution in [3.63, 3.8) is 0 Å². The van der Waals surface area contributed by atoms with Crippen LogP contribution in [0.2, 0.25) is 0 Å². The first-order chi connectivity index (χ1) is 14.6. The number of amides is 1. The minimum absolute atomic E-state index is 0.157. The van der Waals surface area contributed by atoms with Gasteiger partial charge in [0.1, 0.15) is 11.6 Å². The Morgan fingerprint density at radius 2 is 1.90 bits per heavy atom. The van der Waals surface area contributed by atoms with Crippen LogP contribution < -0.4 is 0 Å². The molecular formula is C23H18FN3O2S. The van der Waals surface area contributed by atoms with E-state index in [4.69, 9.17) is 4.42 Å². The number of carbonyl (C=O) groups is 1. The third-order valence-corrected chi connectivity index (χ3v) is 5.47. The second kappa shape index (κ2) is 8.92. The SMILES string of the molecule is Cc1ccccc1/C=C1\S/C(=N\N=C\c2ccc(F)cc2)N(Cc2ccco2)C1=O. The maximum absolute atomic E-state index is 13.0. The van der Waals surface area contributed by atoms with Crippen LogP contribution >= 0.6 is 11.8 Å². The van der Waals surface area contributed by atoms with Gasteiger partial charge in [0, 0.05) is 0 Å². The van der Waals surface area contributed by atoms with E-state index in [-0.39, 0.29) is 18.3 Å². The number of aryl methyl sites for hydroxylation is 1. The van der Waals surface area contributed by atoms with E-state index in [0.29, 0.717) is 21.4 Å². The standard InChI is InChI=1S/C23H18FN3O2S/c1-16-5-2-3-6-18(16)13-21-22(28)27(15-20-7-4-12-29-20)23(30-21)26-25-14-17-8-10-19(24)11-9-17/h2-14H,15H2,1H3/b21-13-,25-14+,26-23-. The fourth-order valence-electron chi connectivity index (χ4n) is 2.86. The summed E-state index contributed by atoms with van der Waals surface area (Å²) in [5, 5.41) is 8.79. The summed E-state index contributed by atoms with van der Waals surface area (Å²) in [6, 6.07) is 17.4. The Kier molecular flexibility index (Phi) is 5.90. The lowest BCUT2D eigenvalue weighted by Crippen LogP contribution is -2.28. The van der Waals surface area contributed by atoms with Crippen LogP contribution in [-0.2, 0) is 11.3 Å². The van der Waals surface area contributed by atoms with Crippen molar-refractivity contribution < 1.29 is 13.6 Å². The molecule has 1 aliphatic heterocycles. The zero-order valence-electron chi connectivity index (χ0n) is 16.2. The summed E-state index contributed by atoms with van der Waals surface area (Å²) in [7, 11) is 0. The Morgan fingerprint density at radius 3 is 2.63 bits per heavy atom. The first-order valence-corrected chi connectivity index (χ1v) is 10.1. The Hall–Kier alpha value is -3.45. The number of halogens is 1. The Balaban J connectivity index is 1.63. The Morgan fingerprint density at radius 1 is 1.10 bits per heavy atom. The molecule has 1 amide bonds. The molecule has 0 atom stereocenters. The summed E-state index contributed by atoms with van der Waals surface area (Å²) >= 11 is 1.26. The molecule has 0 unspecified atom stereocenters. The van der Waals surface area contributed by atoms with Crippen molar-refractivity contribution in [2.45, 2.75) is 13.5 Å². The molecule has 0 bridgehead atoms. The van der Waals surface area contributed by atoms with E-state index in [0.717, 1.165) is 11.1 Å². The number of hydrogen-bond acceptors (Lipinski definition) is 5. The molecule has 1 aliphatic rings. The molecule has 4 rings (SSSR count). The Bertz CT molecular complexity index is 1140. The van der Waals surface area contributed by atoms with Gasteiger partial charge in [-0.3, -0.25) is 9.69 Å². The van der Waals surface area contributed by atoms with E-state index in [1.807, 2.05) is 37.3 Å². The molecule has 2 aromatic carbocycles. The Labute approximate surface area is 177 Å². The van der Waals surface area contributed by atoms with Gasteiger partial charge in [-0.2, -0.15) is 5.10 Å². The highest BCUT2D eigenvalue weighted by molar-refractivity contribution is 8.18. The second-order valence-electron chi connectivity index (χ2n) is 6.62. The van der Waals surface area contributed by atoms with Crippen molar-refractivity contribution in [2.75, 3.05) is 0 Å². The van der Waals surface area contributed by atoms with Gasteiger partial charge in [0.15, 0.2) is 5.17 Å². The van der Waals surface area contributed by atoms with Gasteiger partial charge in [0.2, 0.25) is 0 Å². The number of thioether (sulfide) groups is 1. The van der Waals surface area contributed by atoms with E-state index < -0.39 is 0 Å². The van der Waals surface area contributed by atoms with Gasteiger partial charge >= 0.3 is 0 Å². The topological polar surface area (TPSA) is 58.2 Å². The quantitative estimate of drug-likeness (QED) is 0.323. The van der Waals surface area contributed by atoms with Crippen LogP contribution in [0.3, 0.4) is 0 Å². The summed E-state index contributed by atoms with van der Waals surface area (Å²) in [6.07, 6.45) is 4.95. The van der Waals surface area contributed by atoms with Crippen molar-refractivity contribution in [2.24, 2.45) is 10.2 Å². The lowest BCUT2D eigenvalue weighted by atomic mass is 10.1. The zero-order chi connectivity index (χ0) is 20.9. The summed E-state index contributed by atoms with van der Waals surface area (Å²) in [5.74, 6) is 0.178.